The molecule has 0 spiro atoms. The van der Waals surface area contributed by atoms with E-state index in [1.807, 2.05) is 24.3 Å². The highest BCUT2D eigenvalue weighted by molar-refractivity contribution is 5.78. The number of unbranched alkanes of at least 4 members (excludes halogenated alkanes) is 3. The van der Waals surface area contributed by atoms with Crippen molar-refractivity contribution in [3.05, 3.63) is 29.8 Å². The largest absolute Gasteiger partial charge is 0.497 e. The molecule has 1 rings (SSSR count). The van der Waals surface area contributed by atoms with Crippen LogP contribution in [0.15, 0.2) is 24.3 Å². The topological polar surface area (TPSA) is 75.6 Å². The second-order valence-electron chi connectivity index (χ2n) is 4.94. The van der Waals surface area contributed by atoms with Gasteiger partial charge in [0.15, 0.2) is 0 Å². The van der Waals surface area contributed by atoms with Crippen LogP contribution in [-0.4, -0.2) is 30.6 Å². The van der Waals surface area contributed by atoms with Crippen LogP contribution >= 0.6 is 0 Å². The van der Waals surface area contributed by atoms with Gasteiger partial charge in [-0.1, -0.05) is 25.0 Å². The van der Waals surface area contributed by atoms with E-state index in [2.05, 4.69) is 5.32 Å². The Kier molecular flexibility index (Phi) is 7.94. The molecule has 0 radical (unpaired) electrons. The Labute approximate surface area is 125 Å². The lowest BCUT2D eigenvalue weighted by molar-refractivity contribution is -0.137. The van der Waals surface area contributed by atoms with Gasteiger partial charge >= 0.3 is 5.97 Å². The fourth-order valence-corrected chi connectivity index (χ4v) is 2.01. The molecule has 0 aliphatic rings. The van der Waals surface area contributed by atoms with Gasteiger partial charge in [-0.25, -0.2) is 0 Å². The highest BCUT2D eigenvalue weighted by atomic mass is 16.5. The summed E-state index contributed by atoms with van der Waals surface area (Å²) in [4.78, 5) is 22.1. The second kappa shape index (κ2) is 9.80. The number of benzene rings is 1. The number of aliphatic carboxylic acids is 1. The number of ether oxygens (including phenoxy) is 1. The summed E-state index contributed by atoms with van der Waals surface area (Å²) in [6, 6.07) is 7.46. The van der Waals surface area contributed by atoms with E-state index < -0.39 is 5.97 Å². The van der Waals surface area contributed by atoms with Gasteiger partial charge < -0.3 is 15.2 Å². The molecule has 0 aliphatic carbocycles. The minimum absolute atomic E-state index is 0.00575. The van der Waals surface area contributed by atoms with E-state index in [1.54, 1.807) is 7.11 Å². The van der Waals surface area contributed by atoms with Crippen LogP contribution in [0.3, 0.4) is 0 Å². The Morgan fingerprint density at radius 1 is 1.19 bits per heavy atom. The molecule has 1 aromatic rings. The minimum Gasteiger partial charge on any atom is -0.497 e. The third-order valence-electron chi connectivity index (χ3n) is 3.14. The number of carbonyl (C=O) groups excluding carboxylic acids is 1. The molecule has 0 aromatic heterocycles. The first kappa shape index (κ1) is 17.0. The first-order valence-corrected chi connectivity index (χ1v) is 7.23. The van der Waals surface area contributed by atoms with E-state index in [-0.39, 0.29) is 12.3 Å². The summed E-state index contributed by atoms with van der Waals surface area (Å²) in [6.45, 7) is 0.635. The summed E-state index contributed by atoms with van der Waals surface area (Å²) in [5.74, 6) is -0.00545. The summed E-state index contributed by atoms with van der Waals surface area (Å²) in [7, 11) is 1.60. The Morgan fingerprint density at radius 2 is 1.95 bits per heavy atom. The maximum atomic E-state index is 11.8. The van der Waals surface area contributed by atoms with E-state index >= 15 is 0 Å². The standard InChI is InChI=1S/C16H23NO4/c1-21-14-8-6-7-13(11-14)12-15(18)17-10-5-3-2-4-9-16(19)20/h6-8,11H,2-5,9-10,12H2,1H3,(H,17,18)(H,19,20). The van der Waals surface area contributed by atoms with Gasteiger partial charge in [-0.3, -0.25) is 9.59 Å². The number of carboxylic acid groups (broad SMARTS) is 1. The average molecular weight is 293 g/mol. The van der Waals surface area contributed by atoms with Crippen molar-refractivity contribution in [2.24, 2.45) is 0 Å². The van der Waals surface area contributed by atoms with E-state index in [4.69, 9.17) is 9.84 Å². The van der Waals surface area contributed by atoms with Gasteiger partial charge in [-0.05, 0) is 30.5 Å². The van der Waals surface area contributed by atoms with Crippen molar-refractivity contribution >= 4 is 11.9 Å². The Balaban J connectivity index is 2.12. The zero-order valence-corrected chi connectivity index (χ0v) is 12.4. The molecule has 0 heterocycles. The zero-order chi connectivity index (χ0) is 15.5. The maximum Gasteiger partial charge on any atom is 0.303 e. The van der Waals surface area contributed by atoms with Gasteiger partial charge in [0.2, 0.25) is 5.91 Å². The molecule has 5 nitrogen and oxygen atoms in total. The van der Waals surface area contributed by atoms with E-state index in [1.165, 1.54) is 0 Å². The molecule has 0 aliphatic heterocycles. The lowest BCUT2D eigenvalue weighted by Gasteiger charge is -2.06. The monoisotopic (exact) mass is 293 g/mol. The lowest BCUT2D eigenvalue weighted by Crippen LogP contribution is -2.26. The number of hydrogen-bond acceptors (Lipinski definition) is 3. The molecular weight excluding hydrogens is 270 g/mol. The third-order valence-corrected chi connectivity index (χ3v) is 3.14. The summed E-state index contributed by atoms with van der Waals surface area (Å²) >= 11 is 0. The minimum atomic E-state index is -0.749. The summed E-state index contributed by atoms with van der Waals surface area (Å²) in [6.07, 6.45) is 3.97. The number of rotatable bonds is 10. The maximum absolute atomic E-state index is 11.8. The van der Waals surface area contributed by atoms with E-state index in [9.17, 15) is 9.59 Å². The molecule has 1 amide bonds. The SMILES string of the molecule is COc1cccc(CC(=O)NCCCCCCC(=O)O)c1. The smallest absolute Gasteiger partial charge is 0.303 e. The van der Waals surface area contributed by atoms with Crippen LogP contribution in [0.25, 0.3) is 0 Å². The van der Waals surface area contributed by atoms with Crippen molar-refractivity contribution in [2.75, 3.05) is 13.7 Å². The average Bonchev–Trinajstić information content (AvgIpc) is 2.46. The van der Waals surface area contributed by atoms with Gasteiger partial charge in [-0.2, -0.15) is 0 Å². The molecular formula is C16H23NO4. The van der Waals surface area contributed by atoms with Crippen LogP contribution in [0.5, 0.6) is 5.75 Å². The molecule has 21 heavy (non-hydrogen) atoms. The molecule has 2 N–H and O–H groups in total. The molecule has 5 heteroatoms. The lowest BCUT2D eigenvalue weighted by atomic mass is 10.1. The number of nitrogens with one attached hydrogen (secondary N) is 1. The number of carbonyl (C=O) groups is 2. The van der Waals surface area contributed by atoms with Crippen LogP contribution in [0, 0.1) is 0 Å². The highest BCUT2D eigenvalue weighted by Crippen LogP contribution is 2.12. The van der Waals surface area contributed by atoms with Gasteiger partial charge in [0.1, 0.15) is 5.75 Å². The van der Waals surface area contributed by atoms with Crippen LogP contribution in [0.1, 0.15) is 37.7 Å². The first-order valence-electron chi connectivity index (χ1n) is 7.23. The van der Waals surface area contributed by atoms with Crippen LogP contribution in [-0.2, 0) is 16.0 Å². The normalized spacial score (nSPS) is 10.1. The third kappa shape index (κ3) is 7.97. The Morgan fingerprint density at radius 3 is 2.67 bits per heavy atom. The second-order valence-corrected chi connectivity index (χ2v) is 4.94. The molecule has 0 saturated carbocycles. The fraction of sp³-hybridized carbons (Fsp3) is 0.500. The molecule has 0 unspecified atom stereocenters. The number of methoxy groups -OCH3 is 1. The van der Waals surface area contributed by atoms with Crippen molar-refractivity contribution in [3.8, 4) is 5.75 Å². The van der Waals surface area contributed by atoms with Crippen molar-refractivity contribution in [2.45, 2.75) is 38.5 Å². The number of amides is 1. The molecule has 0 fully saturated rings. The van der Waals surface area contributed by atoms with Crippen molar-refractivity contribution in [1.29, 1.82) is 0 Å². The van der Waals surface area contributed by atoms with Crippen molar-refractivity contribution in [1.82, 2.24) is 5.32 Å². The van der Waals surface area contributed by atoms with E-state index in [0.29, 0.717) is 19.4 Å². The van der Waals surface area contributed by atoms with Gasteiger partial charge in [-0.15, -0.1) is 0 Å². The van der Waals surface area contributed by atoms with Crippen LogP contribution in [0.2, 0.25) is 0 Å². The summed E-state index contributed by atoms with van der Waals surface area (Å²) in [5, 5.41) is 11.4. The van der Waals surface area contributed by atoms with Crippen molar-refractivity contribution < 1.29 is 19.4 Å². The van der Waals surface area contributed by atoms with E-state index in [0.717, 1.165) is 30.6 Å². The van der Waals surface area contributed by atoms with Crippen LogP contribution < -0.4 is 10.1 Å². The number of carboxylic acids is 1. The Bertz CT molecular complexity index is 459. The fourth-order valence-electron chi connectivity index (χ4n) is 2.01. The van der Waals surface area contributed by atoms with Crippen LogP contribution in [0.4, 0.5) is 0 Å². The zero-order valence-electron chi connectivity index (χ0n) is 12.4. The van der Waals surface area contributed by atoms with Gasteiger partial charge in [0.25, 0.3) is 0 Å². The molecule has 0 atom stereocenters. The van der Waals surface area contributed by atoms with Crippen molar-refractivity contribution in [3.63, 3.8) is 0 Å². The summed E-state index contributed by atoms with van der Waals surface area (Å²) in [5.41, 5.74) is 0.924. The van der Waals surface area contributed by atoms with Gasteiger partial charge in [0, 0.05) is 13.0 Å². The Hall–Kier alpha value is -2.04. The van der Waals surface area contributed by atoms with Gasteiger partial charge in [0.05, 0.1) is 13.5 Å². The molecule has 0 bridgehead atoms. The summed E-state index contributed by atoms with van der Waals surface area (Å²) < 4.78 is 5.12. The molecule has 1 aromatic carbocycles. The molecule has 116 valence electrons. The highest BCUT2D eigenvalue weighted by Gasteiger charge is 2.04. The number of hydrogen-bond donors (Lipinski definition) is 2. The quantitative estimate of drug-likeness (QED) is 0.649. The first-order chi connectivity index (χ1) is 10.1. The predicted octanol–water partition coefficient (Wildman–Crippen LogP) is 2.39. The predicted molar refractivity (Wildman–Crippen MR) is 80.4 cm³/mol. The molecule has 0 saturated heterocycles.